The number of hydrogen-bond acceptors (Lipinski definition) is 1. The Morgan fingerprint density at radius 1 is 1.44 bits per heavy atom. The van der Waals surface area contributed by atoms with Crippen LogP contribution in [0.15, 0.2) is 0 Å². The number of nitrogens with one attached hydrogen (secondary N) is 1. The molecule has 1 rings (SSSR count). The number of halogens is 1. The van der Waals surface area contributed by atoms with Crippen molar-refractivity contribution in [1.82, 2.24) is 5.32 Å². The summed E-state index contributed by atoms with van der Waals surface area (Å²) in [6, 6.07) is 0. The lowest BCUT2D eigenvalue weighted by atomic mass is 9.83. The first-order valence-corrected chi connectivity index (χ1v) is 7.71. The summed E-state index contributed by atoms with van der Waals surface area (Å²) in [4.78, 5) is 11.6. The Hall–Kier alpha value is -0.0500. The predicted molar refractivity (Wildman–Crippen MR) is 71.8 cm³/mol. The zero-order chi connectivity index (χ0) is 11.8. The van der Waals surface area contributed by atoms with Gasteiger partial charge in [-0.1, -0.05) is 35.7 Å². The topological polar surface area (TPSA) is 29.1 Å². The third kappa shape index (κ3) is 5.33. The second-order valence-corrected chi connectivity index (χ2v) is 5.73. The van der Waals surface area contributed by atoms with E-state index in [4.69, 9.17) is 0 Å². The molecule has 0 bridgehead atoms. The van der Waals surface area contributed by atoms with Crippen LogP contribution >= 0.6 is 15.9 Å². The molecule has 2 nitrogen and oxygen atoms in total. The van der Waals surface area contributed by atoms with Crippen LogP contribution < -0.4 is 5.32 Å². The van der Waals surface area contributed by atoms with Gasteiger partial charge in [-0.2, -0.15) is 0 Å². The molecular weight excluding hydrogens is 266 g/mol. The molecule has 1 unspecified atom stereocenters. The van der Waals surface area contributed by atoms with E-state index in [1.807, 2.05) is 0 Å². The predicted octanol–water partition coefficient (Wildman–Crippen LogP) is 3.49. The fraction of sp³-hybridized carbons (Fsp3) is 0.923. The molecular formula is C13H24BrNO. The minimum atomic E-state index is 0.264. The second kappa shape index (κ2) is 8.10. The summed E-state index contributed by atoms with van der Waals surface area (Å²) in [5, 5.41) is 4.13. The molecule has 0 aliphatic heterocycles. The number of amides is 1. The van der Waals surface area contributed by atoms with Gasteiger partial charge in [-0.3, -0.25) is 4.79 Å². The van der Waals surface area contributed by atoms with Crippen molar-refractivity contribution in [3.8, 4) is 0 Å². The van der Waals surface area contributed by atoms with Gasteiger partial charge in [-0.05, 0) is 37.5 Å². The van der Waals surface area contributed by atoms with Crippen molar-refractivity contribution in [2.24, 2.45) is 11.8 Å². The van der Waals surface area contributed by atoms with E-state index in [0.29, 0.717) is 11.8 Å². The summed E-state index contributed by atoms with van der Waals surface area (Å²) in [7, 11) is 0. The lowest BCUT2D eigenvalue weighted by Crippen LogP contribution is -2.32. The molecule has 1 atom stereocenters. The van der Waals surface area contributed by atoms with Crippen LogP contribution in [0.4, 0.5) is 0 Å². The molecule has 0 radical (unpaired) electrons. The molecule has 0 spiro atoms. The van der Waals surface area contributed by atoms with E-state index in [2.05, 4.69) is 28.2 Å². The largest absolute Gasteiger partial charge is 0.356 e. The molecule has 0 aromatic rings. The van der Waals surface area contributed by atoms with Crippen molar-refractivity contribution in [2.75, 3.05) is 11.9 Å². The van der Waals surface area contributed by atoms with Crippen LogP contribution in [0.5, 0.6) is 0 Å². The maximum Gasteiger partial charge on any atom is 0.220 e. The molecule has 1 aliphatic carbocycles. The molecule has 1 fully saturated rings. The summed E-state index contributed by atoms with van der Waals surface area (Å²) in [5.41, 5.74) is 0. The highest BCUT2D eigenvalue weighted by Gasteiger charge is 2.20. The average molecular weight is 290 g/mol. The first-order chi connectivity index (χ1) is 7.76. The van der Waals surface area contributed by atoms with E-state index in [9.17, 15) is 4.79 Å². The molecule has 16 heavy (non-hydrogen) atoms. The van der Waals surface area contributed by atoms with Crippen LogP contribution in [0.2, 0.25) is 0 Å². The third-order valence-corrected chi connectivity index (χ3v) is 3.96. The number of rotatable bonds is 8. The van der Waals surface area contributed by atoms with Gasteiger partial charge < -0.3 is 5.32 Å². The van der Waals surface area contributed by atoms with Gasteiger partial charge in [-0.15, -0.1) is 0 Å². The van der Waals surface area contributed by atoms with Crippen molar-refractivity contribution in [3.63, 3.8) is 0 Å². The van der Waals surface area contributed by atoms with E-state index < -0.39 is 0 Å². The van der Waals surface area contributed by atoms with Gasteiger partial charge in [0.1, 0.15) is 0 Å². The van der Waals surface area contributed by atoms with Crippen LogP contribution in [-0.4, -0.2) is 17.8 Å². The molecule has 3 heteroatoms. The SMILES string of the molecule is CCCC(CCBr)CNC(=O)CC1CCC1. The molecule has 0 aromatic carbocycles. The molecule has 94 valence electrons. The Bertz CT molecular complexity index is 198. The van der Waals surface area contributed by atoms with Crippen LogP contribution in [0.3, 0.4) is 0 Å². The summed E-state index contributed by atoms with van der Waals surface area (Å²) in [5.74, 6) is 1.59. The number of carbonyl (C=O) groups excluding carboxylic acids is 1. The molecule has 0 saturated heterocycles. The van der Waals surface area contributed by atoms with Gasteiger partial charge in [0.05, 0.1) is 0 Å². The van der Waals surface area contributed by atoms with Crippen LogP contribution in [0, 0.1) is 11.8 Å². The second-order valence-electron chi connectivity index (χ2n) is 4.94. The normalized spacial score (nSPS) is 17.9. The summed E-state index contributed by atoms with van der Waals surface area (Å²) in [6.45, 7) is 3.07. The fourth-order valence-electron chi connectivity index (χ4n) is 2.20. The monoisotopic (exact) mass is 289 g/mol. The zero-order valence-electron chi connectivity index (χ0n) is 10.3. The number of hydrogen-bond donors (Lipinski definition) is 1. The quantitative estimate of drug-likeness (QED) is 0.681. The van der Waals surface area contributed by atoms with Crippen molar-refractivity contribution in [1.29, 1.82) is 0 Å². The standard InChI is InChI=1S/C13H24BrNO/c1-2-4-12(7-8-14)10-15-13(16)9-11-5-3-6-11/h11-12H,2-10H2,1H3,(H,15,16). The molecule has 1 aliphatic rings. The molecule has 0 aromatic heterocycles. The highest BCUT2D eigenvalue weighted by atomic mass is 79.9. The first-order valence-electron chi connectivity index (χ1n) is 6.59. The van der Waals surface area contributed by atoms with Gasteiger partial charge >= 0.3 is 0 Å². The average Bonchev–Trinajstić information content (AvgIpc) is 2.21. The first kappa shape index (κ1) is 14.0. The molecule has 0 heterocycles. The van der Waals surface area contributed by atoms with E-state index in [-0.39, 0.29) is 5.91 Å². The lowest BCUT2D eigenvalue weighted by Gasteiger charge is -2.25. The Morgan fingerprint density at radius 3 is 2.69 bits per heavy atom. The smallest absolute Gasteiger partial charge is 0.220 e. The maximum atomic E-state index is 11.6. The Labute approximate surface area is 108 Å². The summed E-state index contributed by atoms with van der Waals surface area (Å²) >= 11 is 3.47. The van der Waals surface area contributed by atoms with Crippen LogP contribution in [-0.2, 0) is 4.79 Å². The number of carbonyl (C=O) groups is 1. The molecule has 1 amide bonds. The highest BCUT2D eigenvalue weighted by Crippen LogP contribution is 2.29. The zero-order valence-corrected chi connectivity index (χ0v) is 11.9. The Kier molecular flexibility index (Phi) is 7.10. The van der Waals surface area contributed by atoms with Gasteiger partial charge in [0.2, 0.25) is 5.91 Å². The minimum Gasteiger partial charge on any atom is -0.356 e. The highest BCUT2D eigenvalue weighted by molar-refractivity contribution is 9.09. The molecule has 1 N–H and O–H groups in total. The van der Waals surface area contributed by atoms with Gasteiger partial charge in [-0.25, -0.2) is 0 Å². The maximum absolute atomic E-state index is 11.6. The summed E-state index contributed by atoms with van der Waals surface area (Å²) < 4.78 is 0. The van der Waals surface area contributed by atoms with Crippen LogP contribution in [0.1, 0.15) is 51.9 Å². The van der Waals surface area contributed by atoms with E-state index in [1.54, 1.807) is 0 Å². The van der Waals surface area contributed by atoms with Crippen molar-refractivity contribution < 1.29 is 4.79 Å². The van der Waals surface area contributed by atoms with Gasteiger partial charge in [0.15, 0.2) is 0 Å². The van der Waals surface area contributed by atoms with Crippen molar-refractivity contribution >= 4 is 21.8 Å². The lowest BCUT2D eigenvalue weighted by molar-refractivity contribution is -0.122. The Morgan fingerprint density at radius 2 is 2.19 bits per heavy atom. The van der Waals surface area contributed by atoms with Gasteiger partial charge in [0.25, 0.3) is 0 Å². The third-order valence-electron chi connectivity index (χ3n) is 3.50. The number of alkyl halides is 1. The minimum absolute atomic E-state index is 0.264. The Balaban J connectivity index is 2.11. The van der Waals surface area contributed by atoms with E-state index >= 15 is 0 Å². The van der Waals surface area contributed by atoms with Crippen LogP contribution in [0.25, 0.3) is 0 Å². The van der Waals surface area contributed by atoms with E-state index in [1.165, 1.54) is 32.1 Å². The van der Waals surface area contributed by atoms with Gasteiger partial charge in [0, 0.05) is 18.3 Å². The molecule has 1 saturated carbocycles. The fourth-order valence-corrected chi connectivity index (χ4v) is 2.85. The van der Waals surface area contributed by atoms with E-state index in [0.717, 1.165) is 24.7 Å². The van der Waals surface area contributed by atoms with Crippen molar-refractivity contribution in [3.05, 3.63) is 0 Å². The van der Waals surface area contributed by atoms with Crippen molar-refractivity contribution in [2.45, 2.75) is 51.9 Å². The summed E-state index contributed by atoms with van der Waals surface area (Å²) in [6.07, 6.45) is 8.18.